The Balaban J connectivity index is 2.52. The van der Waals surface area contributed by atoms with Crippen molar-refractivity contribution >= 4 is 11.6 Å². The number of hydrogen-bond donors (Lipinski definition) is 1. The molecule has 0 spiro atoms. The summed E-state index contributed by atoms with van der Waals surface area (Å²) < 4.78 is 41.2. The molecule has 0 amide bonds. The summed E-state index contributed by atoms with van der Waals surface area (Å²) in [4.78, 5) is 0. The van der Waals surface area contributed by atoms with Crippen molar-refractivity contribution < 1.29 is 13.2 Å². The highest BCUT2D eigenvalue weighted by Gasteiger charge is 2.20. The maximum Gasteiger partial charge on any atom is 0.141 e. The molecule has 2 rings (SSSR count). The smallest absolute Gasteiger partial charge is 0.141 e. The summed E-state index contributed by atoms with van der Waals surface area (Å²) in [7, 11) is 0. The fraction of sp³-hybridized carbons (Fsp3) is 0.250. The van der Waals surface area contributed by atoms with Crippen molar-refractivity contribution in [1.29, 1.82) is 0 Å². The van der Waals surface area contributed by atoms with Crippen LogP contribution in [0.1, 0.15) is 29.7 Å². The molecule has 112 valence electrons. The molecular weight excluding hydrogens is 299 g/mol. The van der Waals surface area contributed by atoms with Crippen LogP contribution in [0.5, 0.6) is 0 Å². The first kappa shape index (κ1) is 15.9. The minimum Gasteiger partial charge on any atom is -0.306 e. The third-order valence-corrected chi connectivity index (χ3v) is 3.56. The molecule has 1 N–H and O–H groups in total. The van der Waals surface area contributed by atoms with Crippen LogP contribution < -0.4 is 5.32 Å². The standard InChI is InChI=1S/C16H15ClF3N/c1-3-21-16(10-4-5-13(18)12(17)7-10)11-8-14(19)9(2)6-15(11)20/h4-8,16,21H,3H2,1-2H3. The Kier molecular flexibility index (Phi) is 4.91. The van der Waals surface area contributed by atoms with Crippen LogP contribution in [0, 0.1) is 24.4 Å². The lowest BCUT2D eigenvalue weighted by molar-refractivity contribution is 0.540. The predicted molar refractivity (Wildman–Crippen MR) is 78.0 cm³/mol. The molecule has 21 heavy (non-hydrogen) atoms. The van der Waals surface area contributed by atoms with Gasteiger partial charge in [0.15, 0.2) is 0 Å². The van der Waals surface area contributed by atoms with Crippen molar-refractivity contribution in [3.05, 3.63) is 69.5 Å². The molecule has 5 heteroatoms. The van der Waals surface area contributed by atoms with Crippen LogP contribution in [0.2, 0.25) is 5.02 Å². The molecule has 0 aromatic heterocycles. The van der Waals surface area contributed by atoms with E-state index in [-0.39, 0.29) is 16.1 Å². The summed E-state index contributed by atoms with van der Waals surface area (Å²) in [6.45, 7) is 3.88. The van der Waals surface area contributed by atoms with Gasteiger partial charge in [0, 0.05) is 5.56 Å². The van der Waals surface area contributed by atoms with Gasteiger partial charge in [0.1, 0.15) is 17.5 Å². The SMILES string of the molecule is CCNC(c1ccc(F)c(Cl)c1)c1cc(F)c(C)cc1F. The Hall–Kier alpha value is -1.52. The molecule has 0 radical (unpaired) electrons. The van der Waals surface area contributed by atoms with Gasteiger partial charge in [-0.25, -0.2) is 13.2 Å². The third-order valence-electron chi connectivity index (χ3n) is 3.27. The Labute approximate surface area is 126 Å². The van der Waals surface area contributed by atoms with Gasteiger partial charge in [0.05, 0.1) is 11.1 Å². The average Bonchev–Trinajstić information content (AvgIpc) is 2.44. The van der Waals surface area contributed by atoms with Gasteiger partial charge in [0.25, 0.3) is 0 Å². The molecule has 0 saturated heterocycles. The van der Waals surface area contributed by atoms with Crippen LogP contribution >= 0.6 is 11.6 Å². The number of hydrogen-bond acceptors (Lipinski definition) is 1. The molecule has 1 nitrogen and oxygen atoms in total. The van der Waals surface area contributed by atoms with Gasteiger partial charge in [-0.15, -0.1) is 0 Å². The summed E-state index contributed by atoms with van der Waals surface area (Å²) in [5.74, 6) is -1.55. The van der Waals surface area contributed by atoms with Gasteiger partial charge in [0.2, 0.25) is 0 Å². The molecule has 0 aliphatic carbocycles. The second kappa shape index (κ2) is 6.50. The Morgan fingerprint density at radius 3 is 2.38 bits per heavy atom. The topological polar surface area (TPSA) is 12.0 Å². The van der Waals surface area contributed by atoms with E-state index in [1.54, 1.807) is 0 Å². The molecule has 1 unspecified atom stereocenters. The van der Waals surface area contributed by atoms with E-state index in [0.29, 0.717) is 12.1 Å². The maximum absolute atomic E-state index is 14.2. The van der Waals surface area contributed by atoms with Crippen LogP contribution in [-0.4, -0.2) is 6.54 Å². The average molecular weight is 314 g/mol. The summed E-state index contributed by atoms with van der Waals surface area (Å²) in [5, 5.41) is 3.01. The first-order chi connectivity index (χ1) is 9.93. The number of halogens is 4. The van der Waals surface area contributed by atoms with Gasteiger partial charge in [-0.3, -0.25) is 0 Å². The lowest BCUT2D eigenvalue weighted by Gasteiger charge is -2.20. The highest BCUT2D eigenvalue weighted by Crippen LogP contribution is 2.29. The Morgan fingerprint density at radius 2 is 1.76 bits per heavy atom. The van der Waals surface area contributed by atoms with Crippen LogP contribution in [0.15, 0.2) is 30.3 Å². The van der Waals surface area contributed by atoms with Gasteiger partial charge < -0.3 is 5.32 Å². The summed E-state index contributed by atoms with van der Waals surface area (Å²) in [6, 6.07) is 5.86. The van der Waals surface area contributed by atoms with Crippen molar-refractivity contribution in [2.45, 2.75) is 19.9 Å². The molecule has 0 fully saturated rings. The molecule has 0 aliphatic heterocycles. The van der Waals surface area contributed by atoms with Crippen LogP contribution in [0.25, 0.3) is 0 Å². The van der Waals surface area contributed by atoms with Gasteiger partial charge in [-0.05, 0) is 48.9 Å². The van der Waals surface area contributed by atoms with E-state index in [2.05, 4.69) is 5.32 Å². The van der Waals surface area contributed by atoms with Crippen LogP contribution in [0.3, 0.4) is 0 Å². The molecule has 0 saturated carbocycles. The molecule has 0 bridgehead atoms. The summed E-state index contributed by atoms with van der Waals surface area (Å²) in [6.07, 6.45) is 0. The quantitative estimate of drug-likeness (QED) is 0.857. The van der Waals surface area contributed by atoms with Crippen LogP contribution in [-0.2, 0) is 0 Å². The largest absolute Gasteiger partial charge is 0.306 e. The first-order valence-corrected chi connectivity index (χ1v) is 6.95. The third kappa shape index (κ3) is 3.39. The fourth-order valence-electron chi connectivity index (χ4n) is 2.19. The van der Waals surface area contributed by atoms with E-state index < -0.39 is 23.5 Å². The molecule has 2 aromatic rings. The van der Waals surface area contributed by atoms with Crippen LogP contribution in [0.4, 0.5) is 13.2 Å². The zero-order chi connectivity index (χ0) is 15.6. The van der Waals surface area contributed by atoms with Crippen molar-refractivity contribution in [3.63, 3.8) is 0 Å². The number of aryl methyl sites for hydroxylation is 1. The highest BCUT2D eigenvalue weighted by atomic mass is 35.5. The van der Waals surface area contributed by atoms with Crippen molar-refractivity contribution in [2.24, 2.45) is 0 Å². The molecule has 0 heterocycles. The Bertz CT molecular complexity index is 658. The number of rotatable bonds is 4. The molecule has 0 aliphatic rings. The van der Waals surface area contributed by atoms with E-state index in [1.165, 1.54) is 25.1 Å². The highest BCUT2D eigenvalue weighted by molar-refractivity contribution is 6.30. The van der Waals surface area contributed by atoms with E-state index in [0.717, 1.165) is 12.1 Å². The summed E-state index contributed by atoms with van der Waals surface area (Å²) >= 11 is 5.77. The zero-order valence-electron chi connectivity index (χ0n) is 11.7. The second-order valence-corrected chi connectivity index (χ2v) is 5.19. The summed E-state index contributed by atoms with van der Waals surface area (Å²) in [5.41, 5.74) is 0.983. The lowest BCUT2D eigenvalue weighted by Crippen LogP contribution is -2.23. The minimum absolute atomic E-state index is 0.0524. The zero-order valence-corrected chi connectivity index (χ0v) is 12.4. The monoisotopic (exact) mass is 313 g/mol. The van der Waals surface area contributed by atoms with Crippen molar-refractivity contribution in [3.8, 4) is 0 Å². The Morgan fingerprint density at radius 1 is 1.05 bits per heavy atom. The number of benzene rings is 2. The van der Waals surface area contributed by atoms with Gasteiger partial charge >= 0.3 is 0 Å². The lowest BCUT2D eigenvalue weighted by atomic mass is 9.96. The van der Waals surface area contributed by atoms with Gasteiger partial charge in [-0.2, -0.15) is 0 Å². The maximum atomic E-state index is 14.2. The molecule has 2 aromatic carbocycles. The van der Waals surface area contributed by atoms with Gasteiger partial charge in [-0.1, -0.05) is 24.6 Å². The molecule has 1 atom stereocenters. The van der Waals surface area contributed by atoms with E-state index >= 15 is 0 Å². The second-order valence-electron chi connectivity index (χ2n) is 4.79. The molecular formula is C16H15ClF3N. The normalized spacial score (nSPS) is 12.5. The van der Waals surface area contributed by atoms with Crippen molar-refractivity contribution in [2.75, 3.05) is 6.54 Å². The van der Waals surface area contributed by atoms with E-state index in [1.807, 2.05) is 6.92 Å². The van der Waals surface area contributed by atoms with E-state index in [4.69, 9.17) is 11.6 Å². The van der Waals surface area contributed by atoms with E-state index in [9.17, 15) is 13.2 Å². The minimum atomic E-state index is -0.594. The first-order valence-electron chi connectivity index (χ1n) is 6.58. The van der Waals surface area contributed by atoms with Crippen molar-refractivity contribution in [1.82, 2.24) is 5.32 Å². The fourth-order valence-corrected chi connectivity index (χ4v) is 2.38. The number of nitrogens with one attached hydrogen (secondary N) is 1. The predicted octanol–water partition coefficient (Wildman–Crippen LogP) is 4.76.